The zero-order valence-electron chi connectivity index (χ0n) is 9.35. The Bertz CT molecular complexity index is 545. The second kappa shape index (κ2) is 4.59. The first kappa shape index (κ1) is 11.7. The summed E-state index contributed by atoms with van der Waals surface area (Å²) in [5.41, 5.74) is 7.29. The van der Waals surface area contributed by atoms with Crippen LogP contribution in [0.2, 0.25) is 5.02 Å². The lowest BCUT2D eigenvalue weighted by Crippen LogP contribution is -2.17. The zero-order valence-corrected chi connectivity index (χ0v) is 10.1. The third-order valence-electron chi connectivity index (χ3n) is 2.36. The van der Waals surface area contributed by atoms with E-state index in [0.717, 1.165) is 11.3 Å². The number of benzene rings is 1. The van der Waals surface area contributed by atoms with Gasteiger partial charge in [0, 0.05) is 11.1 Å². The van der Waals surface area contributed by atoms with Gasteiger partial charge in [0.25, 0.3) is 5.91 Å². The van der Waals surface area contributed by atoms with Gasteiger partial charge in [-0.3, -0.25) is 4.79 Å². The van der Waals surface area contributed by atoms with Crippen LogP contribution in [0, 0.1) is 6.92 Å². The summed E-state index contributed by atoms with van der Waals surface area (Å²) >= 11 is 5.77. The van der Waals surface area contributed by atoms with Crippen molar-refractivity contribution in [2.24, 2.45) is 0 Å². The average Bonchev–Trinajstić information content (AvgIpc) is 2.61. The minimum absolute atomic E-state index is 0.155. The Hall–Kier alpha value is -1.81. The number of aryl methyl sites for hydroxylation is 1. The van der Waals surface area contributed by atoms with Crippen molar-refractivity contribution < 1.29 is 4.79 Å². The number of rotatable bonds is 2. The molecular weight excluding hydrogens is 238 g/mol. The molecule has 5 heteroatoms. The molecule has 0 unspecified atom stereocenters. The molecule has 0 aliphatic heterocycles. The first-order valence-electron chi connectivity index (χ1n) is 5.16. The maximum absolute atomic E-state index is 11.9. The monoisotopic (exact) mass is 249 g/mol. The van der Waals surface area contributed by atoms with E-state index >= 15 is 0 Å². The van der Waals surface area contributed by atoms with Crippen LogP contribution in [0.3, 0.4) is 0 Å². The van der Waals surface area contributed by atoms with Crippen molar-refractivity contribution in [2.45, 2.75) is 13.3 Å². The number of anilines is 1. The Labute approximate surface area is 104 Å². The summed E-state index contributed by atoms with van der Waals surface area (Å²) in [7, 11) is 0. The number of nitrogens with two attached hydrogens (primary N) is 1. The number of aromatic nitrogens is 2. The topological polar surface area (TPSA) is 60.9 Å². The summed E-state index contributed by atoms with van der Waals surface area (Å²) in [6, 6.07) is 8.79. The van der Waals surface area contributed by atoms with Crippen LogP contribution < -0.4 is 5.73 Å². The molecule has 17 heavy (non-hydrogen) atoms. The molecular formula is C12H12ClN3O. The molecule has 2 rings (SSSR count). The molecule has 0 saturated carbocycles. The van der Waals surface area contributed by atoms with Gasteiger partial charge in [-0.15, -0.1) is 0 Å². The van der Waals surface area contributed by atoms with Crippen LogP contribution in [0.25, 0.3) is 0 Å². The van der Waals surface area contributed by atoms with Gasteiger partial charge in [-0.2, -0.15) is 9.78 Å². The highest BCUT2D eigenvalue weighted by atomic mass is 35.5. The van der Waals surface area contributed by atoms with Crippen LogP contribution in [0.5, 0.6) is 0 Å². The molecule has 0 aliphatic rings. The third-order valence-corrected chi connectivity index (χ3v) is 2.62. The summed E-state index contributed by atoms with van der Waals surface area (Å²) < 4.78 is 1.23. The van der Waals surface area contributed by atoms with E-state index in [1.54, 1.807) is 25.1 Å². The number of halogens is 1. The molecule has 1 aromatic heterocycles. The van der Waals surface area contributed by atoms with Crippen molar-refractivity contribution in [3.8, 4) is 0 Å². The van der Waals surface area contributed by atoms with Gasteiger partial charge in [0.15, 0.2) is 0 Å². The van der Waals surface area contributed by atoms with Crippen LogP contribution in [-0.4, -0.2) is 15.7 Å². The maximum Gasteiger partial charge on any atom is 0.253 e. The highest BCUT2D eigenvalue weighted by molar-refractivity contribution is 6.30. The van der Waals surface area contributed by atoms with Gasteiger partial charge in [-0.05, 0) is 24.6 Å². The lowest BCUT2D eigenvalue weighted by Gasteiger charge is -2.03. The fourth-order valence-electron chi connectivity index (χ4n) is 1.57. The zero-order chi connectivity index (χ0) is 12.4. The Morgan fingerprint density at radius 1 is 1.41 bits per heavy atom. The van der Waals surface area contributed by atoms with Gasteiger partial charge >= 0.3 is 0 Å². The van der Waals surface area contributed by atoms with E-state index in [1.165, 1.54) is 4.68 Å². The highest BCUT2D eigenvalue weighted by Crippen LogP contribution is 2.12. The molecule has 0 fully saturated rings. The van der Waals surface area contributed by atoms with E-state index in [-0.39, 0.29) is 12.3 Å². The van der Waals surface area contributed by atoms with E-state index in [4.69, 9.17) is 17.3 Å². The molecule has 2 aromatic rings. The normalized spacial score (nSPS) is 10.5. The van der Waals surface area contributed by atoms with Crippen molar-refractivity contribution in [1.82, 2.24) is 9.78 Å². The molecule has 88 valence electrons. The van der Waals surface area contributed by atoms with Crippen molar-refractivity contribution >= 4 is 23.3 Å². The smallest absolute Gasteiger partial charge is 0.253 e. The molecule has 0 radical (unpaired) electrons. The number of nitrogens with zero attached hydrogens (tertiary/aromatic N) is 2. The third kappa shape index (κ3) is 2.65. The number of carbonyl (C=O) groups excluding carboxylic acids is 1. The van der Waals surface area contributed by atoms with Gasteiger partial charge in [-0.1, -0.05) is 23.7 Å². The standard InChI is InChI=1S/C12H12ClN3O/c1-8-6-11(14)16(15-8)12(17)7-9-2-4-10(13)5-3-9/h2-6H,7,14H2,1H3. The van der Waals surface area contributed by atoms with Crippen LogP contribution in [0.1, 0.15) is 16.1 Å². The minimum atomic E-state index is -0.155. The highest BCUT2D eigenvalue weighted by Gasteiger charge is 2.11. The Balaban J connectivity index is 2.17. The fourth-order valence-corrected chi connectivity index (χ4v) is 1.70. The Kier molecular flexibility index (Phi) is 3.15. The Morgan fingerprint density at radius 3 is 2.59 bits per heavy atom. The molecule has 0 spiro atoms. The van der Waals surface area contributed by atoms with Gasteiger partial charge in [0.1, 0.15) is 5.82 Å². The van der Waals surface area contributed by atoms with Crippen molar-refractivity contribution in [3.63, 3.8) is 0 Å². The molecule has 0 saturated heterocycles. The number of carbonyl (C=O) groups is 1. The van der Waals surface area contributed by atoms with E-state index in [0.29, 0.717) is 10.8 Å². The van der Waals surface area contributed by atoms with Crippen LogP contribution in [0.15, 0.2) is 30.3 Å². The SMILES string of the molecule is Cc1cc(N)n(C(=O)Cc2ccc(Cl)cc2)n1. The average molecular weight is 250 g/mol. The van der Waals surface area contributed by atoms with Crippen molar-refractivity contribution in [2.75, 3.05) is 5.73 Å². The van der Waals surface area contributed by atoms with E-state index in [2.05, 4.69) is 5.10 Å². The number of nitrogen functional groups attached to an aromatic ring is 1. The lowest BCUT2D eigenvalue weighted by atomic mass is 10.1. The molecule has 2 N–H and O–H groups in total. The first-order valence-corrected chi connectivity index (χ1v) is 5.54. The Morgan fingerprint density at radius 2 is 2.06 bits per heavy atom. The minimum Gasteiger partial charge on any atom is -0.383 e. The summed E-state index contributed by atoms with van der Waals surface area (Å²) in [4.78, 5) is 11.9. The van der Waals surface area contributed by atoms with Gasteiger partial charge in [0.2, 0.25) is 0 Å². The van der Waals surface area contributed by atoms with Crippen molar-refractivity contribution in [1.29, 1.82) is 0 Å². The van der Waals surface area contributed by atoms with E-state index in [1.807, 2.05) is 12.1 Å². The van der Waals surface area contributed by atoms with Gasteiger partial charge in [0.05, 0.1) is 12.1 Å². The van der Waals surface area contributed by atoms with Crippen LogP contribution in [0.4, 0.5) is 5.82 Å². The second-order valence-electron chi connectivity index (χ2n) is 3.82. The molecule has 0 aliphatic carbocycles. The first-order chi connectivity index (χ1) is 8.06. The number of hydrogen-bond donors (Lipinski definition) is 1. The fraction of sp³-hybridized carbons (Fsp3) is 0.167. The van der Waals surface area contributed by atoms with Crippen LogP contribution >= 0.6 is 11.6 Å². The molecule has 4 nitrogen and oxygen atoms in total. The quantitative estimate of drug-likeness (QED) is 0.889. The summed E-state index contributed by atoms with van der Waals surface area (Å²) in [6.07, 6.45) is 0.252. The largest absolute Gasteiger partial charge is 0.383 e. The van der Waals surface area contributed by atoms with Gasteiger partial charge < -0.3 is 5.73 Å². The molecule has 1 heterocycles. The molecule has 1 aromatic carbocycles. The lowest BCUT2D eigenvalue weighted by molar-refractivity contribution is 0.0901. The molecule has 0 amide bonds. The maximum atomic E-state index is 11.9. The van der Waals surface area contributed by atoms with Crippen molar-refractivity contribution in [3.05, 3.63) is 46.6 Å². The van der Waals surface area contributed by atoms with Gasteiger partial charge in [-0.25, -0.2) is 0 Å². The second-order valence-corrected chi connectivity index (χ2v) is 4.26. The summed E-state index contributed by atoms with van der Waals surface area (Å²) in [6.45, 7) is 1.79. The summed E-state index contributed by atoms with van der Waals surface area (Å²) in [5.74, 6) is 0.208. The predicted molar refractivity (Wildman–Crippen MR) is 67.2 cm³/mol. The summed E-state index contributed by atoms with van der Waals surface area (Å²) in [5, 5.41) is 4.69. The number of hydrogen-bond acceptors (Lipinski definition) is 3. The predicted octanol–water partition coefficient (Wildman–Crippen LogP) is 2.31. The molecule has 0 atom stereocenters. The van der Waals surface area contributed by atoms with E-state index < -0.39 is 0 Å². The van der Waals surface area contributed by atoms with E-state index in [9.17, 15) is 4.79 Å². The van der Waals surface area contributed by atoms with Crippen LogP contribution in [-0.2, 0) is 6.42 Å². The molecule has 0 bridgehead atoms.